The van der Waals surface area contributed by atoms with E-state index in [0.717, 1.165) is 5.57 Å². The summed E-state index contributed by atoms with van der Waals surface area (Å²) in [7, 11) is 0. The fraction of sp³-hybridized carbons (Fsp3) is 0.300. The van der Waals surface area contributed by atoms with Gasteiger partial charge in [0.15, 0.2) is 17.3 Å². The third kappa shape index (κ3) is 3.44. The molecule has 1 N–H and O–H groups in total. The van der Waals surface area contributed by atoms with Crippen molar-refractivity contribution < 1.29 is 33.5 Å². The van der Waals surface area contributed by atoms with Gasteiger partial charge in [-0.1, -0.05) is 11.6 Å². The minimum Gasteiger partial charge on any atom is -0.463 e. The van der Waals surface area contributed by atoms with Gasteiger partial charge in [0.1, 0.15) is 18.1 Å². The van der Waals surface area contributed by atoms with E-state index in [1.54, 1.807) is 43.3 Å². The number of amides is 2. The zero-order valence-electron chi connectivity index (χ0n) is 20.9. The molecular weight excluding hydrogens is 486 g/mol. The molecule has 8 heteroatoms. The highest BCUT2D eigenvalue weighted by atomic mass is 16.4. The van der Waals surface area contributed by atoms with Gasteiger partial charge >= 0.3 is 0 Å². The number of anilines is 1. The van der Waals surface area contributed by atoms with E-state index in [1.807, 2.05) is 6.08 Å². The van der Waals surface area contributed by atoms with Crippen LogP contribution in [0.3, 0.4) is 0 Å². The number of furan rings is 1. The summed E-state index contributed by atoms with van der Waals surface area (Å²) in [6.45, 7) is 2.73. The number of aliphatic hydroxyl groups is 1. The Morgan fingerprint density at radius 2 is 1.76 bits per heavy atom. The average Bonchev–Trinajstić information content (AvgIpc) is 3.48. The lowest BCUT2D eigenvalue weighted by Gasteiger charge is -2.41. The van der Waals surface area contributed by atoms with Crippen LogP contribution in [-0.4, -0.2) is 34.3 Å². The summed E-state index contributed by atoms with van der Waals surface area (Å²) >= 11 is 0. The molecule has 4 aliphatic rings. The topological polar surface area (TPSA) is 122 Å². The first kappa shape index (κ1) is 24.2. The Hall–Kier alpha value is -4.17. The third-order valence-corrected chi connectivity index (χ3v) is 8.22. The Morgan fingerprint density at radius 3 is 2.42 bits per heavy atom. The molecule has 0 bridgehead atoms. The van der Waals surface area contributed by atoms with Gasteiger partial charge in [0, 0.05) is 22.3 Å². The predicted octanol–water partition coefficient (Wildman–Crippen LogP) is 3.61. The van der Waals surface area contributed by atoms with Gasteiger partial charge in [-0.15, -0.1) is 0 Å². The minimum atomic E-state index is -0.701. The lowest BCUT2D eigenvalue weighted by atomic mass is 9.60. The number of carbonyl (C=O) groups excluding carboxylic acids is 5. The van der Waals surface area contributed by atoms with Crippen molar-refractivity contribution in [2.75, 3.05) is 4.90 Å². The molecule has 38 heavy (non-hydrogen) atoms. The van der Waals surface area contributed by atoms with Gasteiger partial charge in [-0.2, -0.15) is 0 Å². The van der Waals surface area contributed by atoms with E-state index in [9.17, 15) is 29.1 Å². The quantitative estimate of drug-likeness (QED) is 0.288. The normalized spacial score (nSPS) is 26.7. The van der Waals surface area contributed by atoms with Crippen molar-refractivity contribution in [1.82, 2.24) is 0 Å². The van der Waals surface area contributed by atoms with Gasteiger partial charge < -0.3 is 9.52 Å². The molecule has 0 spiro atoms. The summed E-state index contributed by atoms with van der Waals surface area (Å²) in [5.74, 6) is -3.01. The molecule has 2 heterocycles. The monoisotopic (exact) mass is 511 g/mol. The van der Waals surface area contributed by atoms with E-state index in [-0.39, 0.29) is 42.2 Å². The van der Waals surface area contributed by atoms with Crippen molar-refractivity contribution in [2.24, 2.45) is 17.8 Å². The van der Waals surface area contributed by atoms with E-state index in [0.29, 0.717) is 45.9 Å². The van der Waals surface area contributed by atoms with Crippen LogP contribution in [0.15, 0.2) is 75.3 Å². The van der Waals surface area contributed by atoms with Crippen LogP contribution in [0.4, 0.5) is 5.69 Å². The molecule has 1 aromatic heterocycles. The maximum absolute atomic E-state index is 13.9. The fourth-order valence-electron chi connectivity index (χ4n) is 6.44. The Kier molecular flexibility index (Phi) is 5.54. The summed E-state index contributed by atoms with van der Waals surface area (Å²) in [5, 5.41) is 9.56. The van der Waals surface area contributed by atoms with Gasteiger partial charge in [-0.3, -0.25) is 28.9 Å². The highest BCUT2D eigenvalue weighted by Crippen LogP contribution is 2.55. The number of hydrogen-bond donors (Lipinski definition) is 1. The molecule has 1 fully saturated rings. The molecule has 3 aliphatic carbocycles. The van der Waals surface area contributed by atoms with E-state index < -0.39 is 23.7 Å². The van der Waals surface area contributed by atoms with E-state index in [4.69, 9.17) is 4.42 Å². The lowest BCUT2D eigenvalue weighted by molar-refractivity contribution is -0.123. The molecule has 192 valence electrons. The maximum Gasteiger partial charge on any atom is 0.238 e. The second kappa shape index (κ2) is 8.70. The Bertz CT molecular complexity index is 1530. The smallest absolute Gasteiger partial charge is 0.238 e. The van der Waals surface area contributed by atoms with Crippen LogP contribution < -0.4 is 4.90 Å². The number of Topliss-reactive ketones (excluding diaryl/α,β-unsaturated/α-hetero) is 2. The number of ketones is 3. The Morgan fingerprint density at radius 1 is 1.03 bits per heavy atom. The second-order valence-corrected chi connectivity index (χ2v) is 10.3. The average molecular weight is 512 g/mol. The summed E-state index contributed by atoms with van der Waals surface area (Å²) in [4.78, 5) is 66.7. The number of imide groups is 1. The number of nitrogens with zero attached hydrogens (tertiary/aromatic N) is 1. The van der Waals surface area contributed by atoms with Gasteiger partial charge in [0.05, 0.1) is 23.4 Å². The molecule has 0 saturated carbocycles. The number of carbonyl (C=O) groups is 5. The molecule has 1 aromatic carbocycles. The zero-order chi connectivity index (χ0) is 26.9. The van der Waals surface area contributed by atoms with Crippen molar-refractivity contribution in [3.8, 4) is 0 Å². The number of fused-ring (bicyclic) bond motifs is 3. The molecule has 0 unspecified atom stereocenters. The molecule has 0 radical (unpaired) electrons. The number of hydrogen-bond acceptors (Lipinski definition) is 7. The van der Waals surface area contributed by atoms with Crippen LogP contribution in [0, 0.1) is 17.8 Å². The van der Waals surface area contributed by atoms with Crippen LogP contribution >= 0.6 is 0 Å². The first-order valence-corrected chi connectivity index (χ1v) is 12.6. The molecule has 4 atom stereocenters. The number of rotatable bonds is 4. The summed E-state index contributed by atoms with van der Waals surface area (Å²) in [5.41, 5.74) is 2.70. The second-order valence-electron chi connectivity index (χ2n) is 10.3. The molecule has 6 rings (SSSR count). The molecule has 8 nitrogen and oxygen atoms in total. The van der Waals surface area contributed by atoms with Crippen molar-refractivity contribution in [3.63, 3.8) is 0 Å². The summed E-state index contributed by atoms with van der Waals surface area (Å²) < 4.78 is 5.86. The minimum absolute atomic E-state index is 0.117. The number of allylic oxidation sites excluding steroid dienone is 6. The molecule has 1 saturated heterocycles. The Balaban J connectivity index is 1.44. The molecular formula is C30H25NO7. The number of benzene rings is 1. The third-order valence-electron chi connectivity index (χ3n) is 8.22. The van der Waals surface area contributed by atoms with Crippen LogP contribution in [0.25, 0.3) is 0 Å². The van der Waals surface area contributed by atoms with Crippen LogP contribution in [-0.2, 0) is 25.8 Å². The van der Waals surface area contributed by atoms with Gasteiger partial charge in [0.2, 0.25) is 11.8 Å². The molecule has 1 aliphatic heterocycles. The highest BCUT2D eigenvalue weighted by molar-refractivity contribution is 6.25. The van der Waals surface area contributed by atoms with Crippen molar-refractivity contribution >= 4 is 34.9 Å². The standard InChI is InChI=1S/C30H25NO7/c1-14-11-23(34)26-22(28(14)35)12-21-19(27(26)24-10-7-18(13-32)38-24)8-9-20-25(21)30(37)31(29(20)36)17-5-3-16(4-6-17)15(2)33/h3-8,10-11,20-21,25,27,32H,9,12-13H2,1-2H3/t20-,21+,25-,27+/m0/s1. The predicted molar refractivity (Wildman–Crippen MR) is 135 cm³/mol. The lowest BCUT2D eigenvalue weighted by Crippen LogP contribution is -2.39. The first-order valence-electron chi connectivity index (χ1n) is 12.6. The summed E-state index contributed by atoms with van der Waals surface area (Å²) in [6.07, 6.45) is 3.75. The van der Waals surface area contributed by atoms with E-state index in [2.05, 4.69) is 0 Å². The van der Waals surface area contributed by atoms with Gasteiger partial charge in [-0.25, -0.2) is 0 Å². The van der Waals surface area contributed by atoms with Gasteiger partial charge in [-0.05, 0) is 75.1 Å². The fourth-order valence-corrected chi connectivity index (χ4v) is 6.44. The molecule has 2 amide bonds. The number of aliphatic hydroxyl groups excluding tert-OH is 1. The highest BCUT2D eigenvalue weighted by Gasteiger charge is 2.57. The van der Waals surface area contributed by atoms with Crippen LogP contribution in [0.2, 0.25) is 0 Å². The van der Waals surface area contributed by atoms with Crippen LogP contribution in [0.1, 0.15) is 54.5 Å². The van der Waals surface area contributed by atoms with E-state index in [1.165, 1.54) is 17.9 Å². The Labute approximate surface area is 218 Å². The van der Waals surface area contributed by atoms with E-state index >= 15 is 0 Å². The SMILES string of the molecule is CC(=O)c1ccc(N2C(=O)[C@H]3[C@H](CC=C4[C@H](c5ccc(CO)o5)C5=C(C[C@H]43)C(=O)C(C)=CC5=O)C2=O)cc1. The van der Waals surface area contributed by atoms with Crippen molar-refractivity contribution in [3.05, 3.63) is 87.9 Å². The largest absolute Gasteiger partial charge is 0.463 e. The first-order chi connectivity index (χ1) is 18.2. The van der Waals surface area contributed by atoms with Crippen molar-refractivity contribution in [2.45, 2.75) is 39.2 Å². The summed E-state index contributed by atoms with van der Waals surface area (Å²) in [6, 6.07) is 9.68. The molecule has 2 aromatic rings. The van der Waals surface area contributed by atoms with Crippen LogP contribution in [0.5, 0.6) is 0 Å². The maximum atomic E-state index is 13.9. The zero-order valence-corrected chi connectivity index (χ0v) is 20.9. The van der Waals surface area contributed by atoms with Crippen molar-refractivity contribution in [1.29, 1.82) is 0 Å². The van der Waals surface area contributed by atoms with Gasteiger partial charge in [0.25, 0.3) is 0 Å².